The number of benzene rings is 1. The van der Waals surface area contributed by atoms with Crippen LogP contribution in [-0.2, 0) is 9.59 Å². The van der Waals surface area contributed by atoms with E-state index in [4.69, 9.17) is 5.73 Å². The van der Waals surface area contributed by atoms with Gasteiger partial charge in [0.2, 0.25) is 11.8 Å². The van der Waals surface area contributed by atoms with Crippen LogP contribution in [0.15, 0.2) is 24.3 Å². The smallest absolute Gasteiger partial charge is 0.242 e. The van der Waals surface area contributed by atoms with Gasteiger partial charge in [0, 0.05) is 7.05 Å². The van der Waals surface area contributed by atoms with E-state index in [2.05, 4.69) is 5.32 Å². The van der Waals surface area contributed by atoms with Crippen molar-refractivity contribution in [1.82, 2.24) is 10.2 Å². The molecule has 0 radical (unpaired) electrons. The molecule has 0 saturated heterocycles. The molecule has 0 bridgehead atoms. The van der Waals surface area contributed by atoms with Gasteiger partial charge in [-0.3, -0.25) is 9.59 Å². The van der Waals surface area contributed by atoms with Crippen LogP contribution in [0.3, 0.4) is 0 Å². The van der Waals surface area contributed by atoms with Gasteiger partial charge in [-0.15, -0.1) is 12.4 Å². The number of nitrogens with zero attached hydrogens (tertiary/aromatic N) is 1. The SMILES string of the molecule is Cc1ccc(C(C)N(C)C(=O)CNC(=O)[C@@H](N)C(C)C)cc1.Cl. The molecule has 2 atom stereocenters. The van der Waals surface area contributed by atoms with Crippen molar-refractivity contribution in [3.05, 3.63) is 35.4 Å². The molecule has 0 aliphatic heterocycles. The zero-order valence-electron chi connectivity index (χ0n) is 14.5. The molecule has 0 spiro atoms. The number of hydrogen-bond donors (Lipinski definition) is 2. The van der Waals surface area contributed by atoms with Crippen molar-refractivity contribution in [2.75, 3.05) is 13.6 Å². The summed E-state index contributed by atoms with van der Waals surface area (Å²) in [5, 5.41) is 2.60. The monoisotopic (exact) mass is 341 g/mol. The van der Waals surface area contributed by atoms with E-state index >= 15 is 0 Å². The zero-order chi connectivity index (χ0) is 16.9. The van der Waals surface area contributed by atoms with Crippen molar-refractivity contribution in [1.29, 1.82) is 0 Å². The highest BCUT2D eigenvalue weighted by molar-refractivity contribution is 5.87. The van der Waals surface area contributed by atoms with Crippen LogP contribution in [0.4, 0.5) is 0 Å². The minimum Gasteiger partial charge on any atom is -0.346 e. The van der Waals surface area contributed by atoms with Crippen LogP contribution in [0.5, 0.6) is 0 Å². The highest BCUT2D eigenvalue weighted by Gasteiger charge is 2.21. The van der Waals surface area contributed by atoms with E-state index in [0.717, 1.165) is 5.56 Å². The third-order valence-corrected chi connectivity index (χ3v) is 3.97. The highest BCUT2D eigenvalue weighted by Crippen LogP contribution is 2.19. The molecule has 0 heterocycles. The van der Waals surface area contributed by atoms with Crippen LogP contribution in [0, 0.1) is 12.8 Å². The second kappa shape index (κ2) is 9.53. The lowest BCUT2D eigenvalue weighted by Gasteiger charge is -2.26. The zero-order valence-corrected chi connectivity index (χ0v) is 15.3. The molecule has 2 amide bonds. The van der Waals surface area contributed by atoms with Gasteiger partial charge in [-0.1, -0.05) is 43.7 Å². The van der Waals surface area contributed by atoms with Crippen molar-refractivity contribution < 1.29 is 9.59 Å². The lowest BCUT2D eigenvalue weighted by molar-refractivity contribution is -0.133. The van der Waals surface area contributed by atoms with Crippen LogP contribution >= 0.6 is 12.4 Å². The Morgan fingerprint density at radius 1 is 1.17 bits per heavy atom. The van der Waals surface area contributed by atoms with Gasteiger partial charge in [0.15, 0.2) is 0 Å². The molecule has 23 heavy (non-hydrogen) atoms. The van der Waals surface area contributed by atoms with E-state index in [1.807, 2.05) is 52.0 Å². The fourth-order valence-electron chi connectivity index (χ4n) is 1.99. The number of aryl methyl sites for hydroxylation is 1. The topological polar surface area (TPSA) is 75.4 Å². The van der Waals surface area contributed by atoms with Gasteiger partial charge in [-0.2, -0.15) is 0 Å². The molecule has 0 saturated carbocycles. The van der Waals surface area contributed by atoms with Gasteiger partial charge in [-0.05, 0) is 25.3 Å². The number of rotatable bonds is 6. The molecule has 0 aliphatic carbocycles. The van der Waals surface area contributed by atoms with E-state index < -0.39 is 6.04 Å². The third-order valence-electron chi connectivity index (χ3n) is 3.97. The Balaban J connectivity index is 0.00000484. The third kappa shape index (κ3) is 6.20. The summed E-state index contributed by atoms with van der Waals surface area (Å²) in [6.45, 7) is 7.70. The van der Waals surface area contributed by atoms with Gasteiger partial charge in [0.1, 0.15) is 0 Å². The maximum absolute atomic E-state index is 12.2. The van der Waals surface area contributed by atoms with E-state index in [1.165, 1.54) is 5.56 Å². The first-order chi connectivity index (χ1) is 10.2. The number of hydrogen-bond acceptors (Lipinski definition) is 3. The van der Waals surface area contributed by atoms with E-state index in [0.29, 0.717) is 0 Å². The van der Waals surface area contributed by atoms with Gasteiger partial charge in [0.05, 0.1) is 18.6 Å². The molecule has 1 aromatic rings. The standard InChI is InChI=1S/C17H27N3O2.ClH/c1-11(2)16(18)17(22)19-10-15(21)20(5)13(4)14-8-6-12(3)7-9-14;/h6-9,11,13,16H,10,18H2,1-5H3,(H,19,22);1H/t13?,16-;/m0./s1. The van der Waals surface area contributed by atoms with Crippen LogP contribution in [0.1, 0.15) is 37.9 Å². The van der Waals surface area contributed by atoms with Crippen molar-refractivity contribution in [3.8, 4) is 0 Å². The second-order valence-corrected chi connectivity index (χ2v) is 6.08. The van der Waals surface area contributed by atoms with Crippen LogP contribution in [0.2, 0.25) is 0 Å². The quantitative estimate of drug-likeness (QED) is 0.831. The molecule has 6 heteroatoms. The Morgan fingerprint density at radius 3 is 2.17 bits per heavy atom. The lowest BCUT2D eigenvalue weighted by Crippen LogP contribution is -2.47. The summed E-state index contributed by atoms with van der Waals surface area (Å²) in [4.78, 5) is 25.6. The minimum absolute atomic E-state index is 0. The molecule has 1 unspecified atom stereocenters. The number of amides is 2. The molecule has 3 N–H and O–H groups in total. The molecule has 0 aliphatic rings. The predicted molar refractivity (Wildman–Crippen MR) is 95.4 cm³/mol. The average molecular weight is 342 g/mol. The van der Waals surface area contributed by atoms with Gasteiger partial charge in [0.25, 0.3) is 0 Å². The molecule has 0 fully saturated rings. The number of nitrogens with one attached hydrogen (secondary N) is 1. The first kappa shape index (κ1) is 21.4. The molecule has 1 rings (SSSR count). The lowest BCUT2D eigenvalue weighted by atomic mass is 10.0. The fourth-order valence-corrected chi connectivity index (χ4v) is 1.99. The molecule has 5 nitrogen and oxygen atoms in total. The summed E-state index contributed by atoms with van der Waals surface area (Å²) in [7, 11) is 1.74. The maximum atomic E-state index is 12.2. The van der Waals surface area contributed by atoms with E-state index in [-0.39, 0.29) is 42.7 Å². The molecule has 130 valence electrons. The fraction of sp³-hybridized carbons (Fsp3) is 0.529. The first-order valence-corrected chi connectivity index (χ1v) is 7.59. The number of likely N-dealkylation sites (N-methyl/N-ethyl adjacent to an activating group) is 1. The van der Waals surface area contributed by atoms with Crippen molar-refractivity contribution in [2.24, 2.45) is 11.7 Å². The molecule has 0 aromatic heterocycles. The molecular formula is C17H28ClN3O2. The Morgan fingerprint density at radius 2 is 1.70 bits per heavy atom. The summed E-state index contributed by atoms with van der Waals surface area (Å²) >= 11 is 0. The number of nitrogens with two attached hydrogens (primary N) is 1. The van der Waals surface area contributed by atoms with Crippen molar-refractivity contribution >= 4 is 24.2 Å². The Bertz CT molecular complexity index is 517. The van der Waals surface area contributed by atoms with Crippen molar-refractivity contribution in [3.63, 3.8) is 0 Å². The summed E-state index contributed by atoms with van der Waals surface area (Å²) < 4.78 is 0. The van der Waals surface area contributed by atoms with Crippen LogP contribution in [0.25, 0.3) is 0 Å². The summed E-state index contributed by atoms with van der Waals surface area (Å²) in [5.41, 5.74) is 7.99. The van der Waals surface area contributed by atoms with E-state index in [9.17, 15) is 9.59 Å². The maximum Gasteiger partial charge on any atom is 0.242 e. The average Bonchev–Trinajstić information content (AvgIpc) is 2.50. The van der Waals surface area contributed by atoms with Gasteiger partial charge < -0.3 is 16.0 Å². The first-order valence-electron chi connectivity index (χ1n) is 7.59. The molecular weight excluding hydrogens is 314 g/mol. The Labute approximate surface area is 145 Å². The minimum atomic E-state index is -0.590. The Kier molecular flexibility index (Phi) is 8.87. The number of halogens is 1. The Hall–Kier alpha value is -1.59. The van der Waals surface area contributed by atoms with Crippen LogP contribution in [-0.4, -0.2) is 36.3 Å². The predicted octanol–water partition coefficient (Wildman–Crippen LogP) is 2.04. The largest absolute Gasteiger partial charge is 0.346 e. The normalized spacial score (nSPS) is 13.0. The number of carbonyl (C=O) groups is 2. The van der Waals surface area contributed by atoms with E-state index in [1.54, 1.807) is 11.9 Å². The summed E-state index contributed by atoms with van der Waals surface area (Å²) in [5.74, 6) is -0.392. The second-order valence-electron chi connectivity index (χ2n) is 6.08. The number of carbonyl (C=O) groups excluding carboxylic acids is 2. The highest BCUT2D eigenvalue weighted by atomic mass is 35.5. The summed E-state index contributed by atoms with van der Waals surface area (Å²) in [6.07, 6.45) is 0. The molecule has 1 aromatic carbocycles. The van der Waals surface area contributed by atoms with Crippen LogP contribution < -0.4 is 11.1 Å². The van der Waals surface area contributed by atoms with Gasteiger partial charge >= 0.3 is 0 Å². The van der Waals surface area contributed by atoms with Gasteiger partial charge in [-0.25, -0.2) is 0 Å². The van der Waals surface area contributed by atoms with Crippen molar-refractivity contribution in [2.45, 2.75) is 39.8 Å². The summed E-state index contributed by atoms with van der Waals surface area (Å²) in [6, 6.07) is 7.42.